The molecule has 0 spiro atoms. The number of aromatic nitrogens is 4. The molecule has 152 valence electrons. The van der Waals surface area contributed by atoms with E-state index >= 15 is 0 Å². The Kier molecular flexibility index (Phi) is 5.57. The zero-order chi connectivity index (χ0) is 20.2. The molecule has 1 fully saturated rings. The molecular formula is C20H24N6O3. The number of nitrogens with two attached hydrogens (primary N) is 1. The molecule has 3 aromatic rings. The highest BCUT2D eigenvalue weighted by molar-refractivity contribution is 5.79. The Bertz CT molecular complexity index is 1000. The molecule has 0 bridgehead atoms. The van der Waals surface area contributed by atoms with Gasteiger partial charge in [-0.25, -0.2) is 14.6 Å². The molecule has 1 atom stereocenters. The Labute approximate surface area is 168 Å². The second-order valence-electron chi connectivity index (χ2n) is 6.89. The van der Waals surface area contributed by atoms with E-state index in [0.717, 1.165) is 23.3 Å². The lowest BCUT2D eigenvalue weighted by atomic mass is 10.0. The molecule has 1 saturated heterocycles. The standard InChI is InChI=1S/C20H24N6O3/c1-28-15-4-2-3-5-16(15)29-13-17(27)25-10-6-14(12-25)18-19-20(23-9-8-22-19)26(24-18)11-7-21/h2-5,8-9,14H,6-7,10-13,21H2,1H3/t14-/m1/s1. The van der Waals surface area contributed by atoms with Crippen molar-refractivity contribution in [2.45, 2.75) is 18.9 Å². The summed E-state index contributed by atoms with van der Waals surface area (Å²) in [5.74, 6) is 1.22. The van der Waals surface area contributed by atoms with Gasteiger partial charge in [0.25, 0.3) is 5.91 Å². The number of rotatable bonds is 7. The Morgan fingerprint density at radius 2 is 2.03 bits per heavy atom. The van der Waals surface area contributed by atoms with Crippen LogP contribution in [-0.4, -0.2) is 63.9 Å². The Morgan fingerprint density at radius 3 is 2.83 bits per heavy atom. The van der Waals surface area contributed by atoms with E-state index in [-0.39, 0.29) is 18.4 Å². The largest absolute Gasteiger partial charge is 0.493 e. The number of ether oxygens (including phenoxy) is 2. The van der Waals surface area contributed by atoms with Crippen molar-refractivity contribution >= 4 is 17.1 Å². The predicted molar refractivity (Wildman–Crippen MR) is 107 cm³/mol. The van der Waals surface area contributed by atoms with Gasteiger partial charge in [0.15, 0.2) is 23.8 Å². The average molecular weight is 396 g/mol. The summed E-state index contributed by atoms with van der Waals surface area (Å²) in [4.78, 5) is 23.3. The van der Waals surface area contributed by atoms with Crippen molar-refractivity contribution in [3.63, 3.8) is 0 Å². The number of amides is 1. The van der Waals surface area contributed by atoms with Crippen LogP contribution in [0.4, 0.5) is 0 Å². The van der Waals surface area contributed by atoms with Crippen LogP contribution in [0.2, 0.25) is 0 Å². The smallest absolute Gasteiger partial charge is 0.260 e. The van der Waals surface area contributed by atoms with Gasteiger partial charge in [0, 0.05) is 37.9 Å². The van der Waals surface area contributed by atoms with Crippen molar-refractivity contribution in [3.8, 4) is 11.5 Å². The van der Waals surface area contributed by atoms with Crippen LogP contribution in [0.15, 0.2) is 36.7 Å². The quantitative estimate of drug-likeness (QED) is 0.639. The molecule has 0 unspecified atom stereocenters. The van der Waals surface area contributed by atoms with Gasteiger partial charge in [-0.15, -0.1) is 0 Å². The van der Waals surface area contributed by atoms with E-state index in [4.69, 9.17) is 20.3 Å². The number of methoxy groups -OCH3 is 1. The fourth-order valence-electron chi connectivity index (χ4n) is 3.66. The van der Waals surface area contributed by atoms with Crippen molar-refractivity contribution in [3.05, 3.63) is 42.4 Å². The number of benzene rings is 1. The number of fused-ring (bicyclic) bond motifs is 1. The van der Waals surface area contributed by atoms with Crippen LogP contribution in [0.25, 0.3) is 11.2 Å². The molecule has 2 aromatic heterocycles. The summed E-state index contributed by atoms with van der Waals surface area (Å²) in [5, 5.41) is 4.70. The highest BCUT2D eigenvalue weighted by Gasteiger charge is 2.31. The van der Waals surface area contributed by atoms with Crippen LogP contribution in [-0.2, 0) is 11.3 Å². The highest BCUT2D eigenvalue weighted by Crippen LogP contribution is 2.31. The van der Waals surface area contributed by atoms with Gasteiger partial charge in [-0.2, -0.15) is 5.10 Å². The molecule has 4 rings (SSSR count). The molecule has 29 heavy (non-hydrogen) atoms. The zero-order valence-electron chi connectivity index (χ0n) is 16.3. The van der Waals surface area contributed by atoms with Crippen molar-refractivity contribution in [2.75, 3.05) is 33.4 Å². The number of likely N-dealkylation sites (tertiary alicyclic amines) is 1. The van der Waals surface area contributed by atoms with Crippen molar-refractivity contribution in [2.24, 2.45) is 5.73 Å². The van der Waals surface area contributed by atoms with Gasteiger partial charge < -0.3 is 20.1 Å². The molecule has 0 radical (unpaired) electrons. The van der Waals surface area contributed by atoms with Crippen molar-refractivity contribution in [1.29, 1.82) is 0 Å². The normalized spacial score (nSPS) is 16.3. The summed E-state index contributed by atoms with van der Waals surface area (Å²) >= 11 is 0. The summed E-state index contributed by atoms with van der Waals surface area (Å²) < 4.78 is 12.7. The van der Waals surface area contributed by atoms with Crippen molar-refractivity contribution in [1.82, 2.24) is 24.6 Å². The Morgan fingerprint density at radius 1 is 1.24 bits per heavy atom. The van der Waals surface area contributed by atoms with Gasteiger partial charge in [-0.05, 0) is 18.6 Å². The third kappa shape index (κ3) is 3.86. The number of hydrogen-bond acceptors (Lipinski definition) is 7. The minimum Gasteiger partial charge on any atom is -0.493 e. The number of carbonyl (C=O) groups is 1. The molecule has 1 aliphatic rings. The van der Waals surface area contributed by atoms with Gasteiger partial charge in [0.05, 0.1) is 19.3 Å². The number of para-hydroxylation sites is 2. The maximum atomic E-state index is 12.7. The van der Waals surface area contributed by atoms with Crippen LogP contribution in [0, 0.1) is 0 Å². The molecule has 0 saturated carbocycles. The predicted octanol–water partition coefficient (Wildman–Crippen LogP) is 1.19. The number of hydrogen-bond donors (Lipinski definition) is 1. The lowest BCUT2D eigenvalue weighted by Gasteiger charge is -2.17. The third-order valence-corrected chi connectivity index (χ3v) is 5.08. The average Bonchev–Trinajstić information content (AvgIpc) is 3.38. The van der Waals surface area contributed by atoms with E-state index in [1.807, 2.05) is 17.0 Å². The van der Waals surface area contributed by atoms with Crippen LogP contribution in [0.5, 0.6) is 11.5 Å². The summed E-state index contributed by atoms with van der Waals surface area (Å²) in [6, 6.07) is 7.29. The molecule has 9 nitrogen and oxygen atoms in total. The van der Waals surface area contributed by atoms with E-state index < -0.39 is 0 Å². The molecule has 3 heterocycles. The molecule has 1 amide bonds. The first-order valence-electron chi connectivity index (χ1n) is 9.62. The second kappa shape index (κ2) is 8.44. The Hall–Kier alpha value is -3.20. The van der Waals surface area contributed by atoms with E-state index in [1.54, 1.807) is 36.3 Å². The number of carbonyl (C=O) groups excluding carboxylic acids is 1. The first kappa shape index (κ1) is 19.1. The van der Waals surface area contributed by atoms with Gasteiger partial charge in [0.1, 0.15) is 5.52 Å². The molecular weight excluding hydrogens is 372 g/mol. The molecule has 9 heteroatoms. The maximum absolute atomic E-state index is 12.7. The fraction of sp³-hybridized carbons (Fsp3) is 0.400. The number of nitrogens with zero attached hydrogens (tertiary/aromatic N) is 5. The molecule has 2 N–H and O–H groups in total. The van der Waals surface area contributed by atoms with Crippen molar-refractivity contribution < 1.29 is 14.3 Å². The first-order valence-corrected chi connectivity index (χ1v) is 9.62. The topological polar surface area (TPSA) is 108 Å². The van der Waals surface area contributed by atoms with Gasteiger partial charge in [0.2, 0.25) is 0 Å². The molecule has 0 aliphatic carbocycles. The monoisotopic (exact) mass is 396 g/mol. The lowest BCUT2D eigenvalue weighted by Crippen LogP contribution is -2.33. The SMILES string of the molecule is COc1ccccc1OCC(=O)N1CC[C@@H](c2nn(CCN)c3nccnc23)C1. The van der Waals surface area contributed by atoms with Crippen LogP contribution in [0.1, 0.15) is 18.0 Å². The maximum Gasteiger partial charge on any atom is 0.260 e. The molecule has 1 aromatic carbocycles. The van der Waals surface area contributed by atoms with E-state index in [1.165, 1.54) is 0 Å². The summed E-state index contributed by atoms with van der Waals surface area (Å²) in [5.41, 5.74) is 8.09. The van der Waals surface area contributed by atoms with Crippen LogP contribution in [0.3, 0.4) is 0 Å². The highest BCUT2D eigenvalue weighted by atomic mass is 16.5. The summed E-state index contributed by atoms with van der Waals surface area (Å²) in [6.07, 6.45) is 4.14. The minimum atomic E-state index is -0.0600. The lowest BCUT2D eigenvalue weighted by molar-refractivity contribution is -0.132. The third-order valence-electron chi connectivity index (χ3n) is 5.08. The Balaban J connectivity index is 1.44. The zero-order valence-corrected chi connectivity index (χ0v) is 16.3. The van der Waals surface area contributed by atoms with Gasteiger partial charge >= 0.3 is 0 Å². The minimum absolute atomic E-state index is 0.0325. The molecule has 1 aliphatic heterocycles. The summed E-state index contributed by atoms with van der Waals surface area (Å²) in [6.45, 7) is 2.26. The van der Waals surface area contributed by atoms with Gasteiger partial charge in [-0.3, -0.25) is 4.79 Å². The van der Waals surface area contributed by atoms with Crippen LogP contribution < -0.4 is 15.2 Å². The van der Waals surface area contributed by atoms with Gasteiger partial charge in [-0.1, -0.05) is 12.1 Å². The fourth-order valence-corrected chi connectivity index (χ4v) is 3.66. The first-order chi connectivity index (χ1) is 14.2. The second-order valence-corrected chi connectivity index (χ2v) is 6.89. The van der Waals surface area contributed by atoms with E-state index in [0.29, 0.717) is 37.7 Å². The van der Waals surface area contributed by atoms with E-state index in [2.05, 4.69) is 9.97 Å². The van der Waals surface area contributed by atoms with E-state index in [9.17, 15) is 4.79 Å². The summed E-state index contributed by atoms with van der Waals surface area (Å²) in [7, 11) is 1.58. The van der Waals surface area contributed by atoms with Crippen LogP contribution >= 0.6 is 0 Å².